The Kier molecular flexibility index (Phi) is 5.13. The van der Waals surface area contributed by atoms with E-state index in [1.54, 1.807) is 5.06 Å². The number of oxime groups is 1. The van der Waals surface area contributed by atoms with Gasteiger partial charge in [0.25, 0.3) is 0 Å². The molecule has 2 aromatic carbocycles. The lowest BCUT2D eigenvalue weighted by molar-refractivity contribution is -0.154. The molecule has 1 N–H and O–H groups in total. The third-order valence-electron chi connectivity index (χ3n) is 4.86. The highest BCUT2D eigenvalue weighted by molar-refractivity contribution is 9.10. The van der Waals surface area contributed by atoms with E-state index in [1.807, 2.05) is 54.6 Å². The molecule has 0 radical (unpaired) electrons. The minimum atomic E-state index is -0.488. The van der Waals surface area contributed by atoms with Crippen LogP contribution in [0, 0.1) is 0 Å². The number of hydroxylamine groups is 2. The first kappa shape index (κ1) is 18.0. The lowest BCUT2D eigenvalue weighted by atomic mass is 9.86. The number of amides is 1. The number of hydrogen-bond donors (Lipinski definition) is 1. The van der Waals surface area contributed by atoms with E-state index in [-0.39, 0.29) is 5.60 Å². The standard InChI is InChI=1S/C20H20BrN3O3/c21-16-7-4-8-17(13-16)22-19(25)26-24-11-9-20(10-12-24)14-18(23-27-20)15-5-2-1-3-6-15/h1-8,13H,9-12,14H2,(H,22,25). The summed E-state index contributed by atoms with van der Waals surface area (Å²) in [6.07, 6.45) is 1.82. The van der Waals surface area contributed by atoms with E-state index in [0.717, 1.165) is 35.0 Å². The minimum Gasteiger partial charge on any atom is -0.388 e. The number of benzene rings is 2. The number of rotatable bonds is 3. The second kappa shape index (κ2) is 7.70. The molecule has 2 heterocycles. The molecule has 2 aliphatic rings. The Morgan fingerprint density at radius 3 is 2.67 bits per heavy atom. The Labute approximate surface area is 166 Å². The van der Waals surface area contributed by atoms with Crippen LogP contribution >= 0.6 is 15.9 Å². The SMILES string of the molecule is O=C(Nc1cccc(Br)c1)ON1CCC2(CC1)CC(c1ccccc1)=NO2. The molecule has 1 spiro atoms. The molecule has 0 unspecified atom stereocenters. The smallest absolute Gasteiger partial charge is 0.388 e. The van der Waals surface area contributed by atoms with Crippen LogP contribution in [0.25, 0.3) is 0 Å². The molecule has 0 saturated carbocycles. The summed E-state index contributed by atoms with van der Waals surface area (Å²) in [5.41, 5.74) is 2.48. The van der Waals surface area contributed by atoms with Crippen LogP contribution in [0.15, 0.2) is 64.2 Å². The van der Waals surface area contributed by atoms with Crippen LogP contribution in [0.2, 0.25) is 0 Å². The molecule has 0 atom stereocenters. The Hall–Kier alpha value is -2.38. The molecular formula is C20H20BrN3O3. The molecule has 6 nitrogen and oxygen atoms in total. The molecule has 140 valence electrons. The van der Waals surface area contributed by atoms with Crippen LogP contribution < -0.4 is 5.32 Å². The number of anilines is 1. The highest BCUT2D eigenvalue weighted by atomic mass is 79.9. The predicted molar refractivity (Wildman–Crippen MR) is 106 cm³/mol. The van der Waals surface area contributed by atoms with Gasteiger partial charge in [-0.05, 0) is 23.8 Å². The van der Waals surface area contributed by atoms with Crippen molar-refractivity contribution < 1.29 is 14.5 Å². The molecule has 27 heavy (non-hydrogen) atoms. The van der Waals surface area contributed by atoms with Gasteiger partial charge in [-0.1, -0.05) is 57.5 Å². The maximum atomic E-state index is 12.1. The van der Waals surface area contributed by atoms with E-state index in [9.17, 15) is 4.79 Å². The summed E-state index contributed by atoms with van der Waals surface area (Å²) >= 11 is 3.38. The van der Waals surface area contributed by atoms with Gasteiger partial charge in [-0.15, -0.1) is 5.06 Å². The quantitative estimate of drug-likeness (QED) is 0.775. The maximum Gasteiger partial charge on any atom is 0.430 e. The van der Waals surface area contributed by atoms with Crippen molar-refractivity contribution in [1.29, 1.82) is 0 Å². The number of piperidine rings is 1. The van der Waals surface area contributed by atoms with Gasteiger partial charge in [-0.25, -0.2) is 4.79 Å². The first-order valence-corrected chi connectivity index (χ1v) is 9.71. The number of hydrogen-bond acceptors (Lipinski definition) is 5. The van der Waals surface area contributed by atoms with Gasteiger partial charge in [0.1, 0.15) is 5.60 Å². The van der Waals surface area contributed by atoms with E-state index in [4.69, 9.17) is 9.68 Å². The second-order valence-corrected chi connectivity index (χ2v) is 7.71. The van der Waals surface area contributed by atoms with Crippen LogP contribution in [0.1, 0.15) is 24.8 Å². The summed E-state index contributed by atoms with van der Waals surface area (Å²) in [5, 5.41) is 8.72. The maximum absolute atomic E-state index is 12.1. The van der Waals surface area contributed by atoms with Crippen molar-refractivity contribution >= 4 is 33.4 Å². The summed E-state index contributed by atoms with van der Waals surface area (Å²) in [7, 11) is 0. The Morgan fingerprint density at radius 1 is 1.15 bits per heavy atom. The third-order valence-corrected chi connectivity index (χ3v) is 5.36. The van der Waals surface area contributed by atoms with Crippen LogP contribution in [-0.4, -0.2) is 35.6 Å². The van der Waals surface area contributed by atoms with Crippen LogP contribution in [0.3, 0.4) is 0 Å². The molecule has 1 fully saturated rings. The molecule has 1 saturated heterocycles. The summed E-state index contributed by atoms with van der Waals surface area (Å²) in [5.74, 6) is 0. The number of carbonyl (C=O) groups is 1. The number of nitrogens with zero attached hydrogens (tertiary/aromatic N) is 2. The Morgan fingerprint density at radius 2 is 1.93 bits per heavy atom. The highest BCUT2D eigenvalue weighted by Crippen LogP contribution is 2.36. The van der Waals surface area contributed by atoms with Gasteiger partial charge >= 0.3 is 6.09 Å². The van der Waals surface area contributed by atoms with Gasteiger partial charge in [-0.3, -0.25) is 5.32 Å². The van der Waals surface area contributed by atoms with Crippen molar-refractivity contribution in [3.05, 3.63) is 64.6 Å². The molecule has 0 aromatic heterocycles. The summed E-state index contributed by atoms with van der Waals surface area (Å²) in [6.45, 7) is 1.23. The topological polar surface area (TPSA) is 63.2 Å². The molecule has 0 aliphatic carbocycles. The number of halogens is 1. The third kappa shape index (κ3) is 4.31. The average Bonchev–Trinajstić information content (AvgIpc) is 3.08. The van der Waals surface area contributed by atoms with Gasteiger partial charge in [-0.2, -0.15) is 0 Å². The van der Waals surface area contributed by atoms with Gasteiger partial charge < -0.3 is 9.68 Å². The molecule has 7 heteroatoms. The molecule has 1 amide bonds. The zero-order valence-electron chi connectivity index (χ0n) is 14.7. The Balaban J connectivity index is 1.28. The van der Waals surface area contributed by atoms with E-state index >= 15 is 0 Å². The van der Waals surface area contributed by atoms with Gasteiger partial charge in [0.2, 0.25) is 0 Å². The zero-order chi connectivity index (χ0) is 18.7. The van der Waals surface area contributed by atoms with Gasteiger partial charge in [0.05, 0.1) is 5.71 Å². The van der Waals surface area contributed by atoms with Crippen LogP contribution in [-0.2, 0) is 9.68 Å². The fourth-order valence-electron chi connectivity index (χ4n) is 3.38. The van der Waals surface area contributed by atoms with Crippen molar-refractivity contribution in [1.82, 2.24) is 5.06 Å². The van der Waals surface area contributed by atoms with Crippen molar-refractivity contribution in [3.8, 4) is 0 Å². The highest BCUT2D eigenvalue weighted by Gasteiger charge is 2.43. The molecule has 2 aromatic rings. The average molecular weight is 430 g/mol. The lowest BCUT2D eigenvalue weighted by Gasteiger charge is -2.35. The zero-order valence-corrected chi connectivity index (χ0v) is 16.3. The van der Waals surface area contributed by atoms with Crippen molar-refractivity contribution in [2.75, 3.05) is 18.4 Å². The molecule has 0 bridgehead atoms. The van der Waals surface area contributed by atoms with E-state index in [0.29, 0.717) is 18.8 Å². The predicted octanol–water partition coefficient (Wildman–Crippen LogP) is 4.57. The molecular weight excluding hydrogens is 410 g/mol. The van der Waals surface area contributed by atoms with Crippen LogP contribution in [0.4, 0.5) is 10.5 Å². The summed E-state index contributed by atoms with van der Waals surface area (Å²) in [4.78, 5) is 23.3. The van der Waals surface area contributed by atoms with E-state index in [2.05, 4.69) is 26.4 Å². The minimum absolute atomic E-state index is 0.286. The van der Waals surface area contributed by atoms with E-state index in [1.165, 1.54) is 0 Å². The fraction of sp³-hybridized carbons (Fsp3) is 0.300. The first-order chi connectivity index (χ1) is 13.1. The van der Waals surface area contributed by atoms with Gasteiger partial charge in [0, 0.05) is 42.5 Å². The fourth-order valence-corrected chi connectivity index (χ4v) is 3.78. The van der Waals surface area contributed by atoms with E-state index < -0.39 is 6.09 Å². The van der Waals surface area contributed by atoms with Crippen LogP contribution in [0.5, 0.6) is 0 Å². The molecule has 2 aliphatic heterocycles. The molecule has 4 rings (SSSR count). The summed E-state index contributed by atoms with van der Waals surface area (Å²) in [6, 6.07) is 17.5. The largest absolute Gasteiger partial charge is 0.430 e. The van der Waals surface area contributed by atoms with Crippen molar-refractivity contribution in [2.45, 2.75) is 24.9 Å². The number of nitrogens with one attached hydrogen (secondary N) is 1. The Bertz CT molecular complexity index is 849. The second-order valence-electron chi connectivity index (χ2n) is 6.80. The monoisotopic (exact) mass is 429 g/mol. The lowest BCUT2D eigenvalue weighted by Crippen LogP contribution is -2.45. The van der Waals surface area contributed by atoms with Crippen molar-refractivity contribution in [2.24, 2.45) is 5.16 Å². The van der Waals surface area contributed by atoms with Gasteiger partial charge in [0.15, 0.2) is 0 Å². The van der Waals surface area contributed by atoms with Crippen molar-refractivity contribution in [3.63, 3.8) is 0 Å². The summed E-state index contributed by atoms with van der Waals surface area (Å²) < 4.78 is 0.896. The normalized spacial score (nSPS) is 18.6. The number of carbonyl (C=O) groups excluding carboxylic acids is 1. The first-order valence-electron chi connectivity index (χ1n) is 8.92.